The second-order valence-corrected chi connectivity index (χ2v) is 7.71. The van der Waals surface area contributed by atoms with Crippen LogP contribution in [0, 0.1) is 5.92 Å². The Hall–Kier alpha value is -0.810. The van der Waals surface area contributed by atoms with E-state index in [1.807, 2.05) is 0 Å². The van der Waals surface area contributed by atoms with Gasteiger partial charge in [-0.25, -0.2) is 4.79 Å². The molecule has 5 heteroatoms. The quantitative estimate of drug-likeness (QED) is 0.789. The molecule has 23 heavy (non-hydrogen) atoms. The summed E-state index contributed by atoms with van der Waals surface area (Å²) in [5.74, 6) is 0.401. The van der Waals surface area contributed by atoms with Crippen LogP contribution in [0.5, 0.6) is 0 Å². The van der Waals surface area contributed by atoms with Crippen LogP contribution in [0.2, 0.25) is 0 Å². The van der Waals surface area contributed by atoms with Crippen molar-refractivity contribution in [1.29, 1.82) is 0 Å². The first kappa shape index (κ1) is 17.0. The molecule has 2 amide bonds. The highest BCUT2D eigenvalue weighted by Gasteiger charge is 2.33. The van der Waals surface area contributed by atoms with Crippen LogP contribution < -0.4 is 5.32 Å². The molecule has 3 fully saturated rings. The minimum absolute atomic E-state index is 0.0726. The lowest BCUT2D eigenvalue weighted by molar-refractivity contribution is -0.0417. The average Bonchev–Trinajstić information content (AvgIpc) is 3.27. The molecule has 132 valence electrons. The minimum Gasteiger partial charge on any atom is -0.391 e. The summed E-state index contributed by atoms with van der Waals surface area (Å²) >= 11 is 0. The van der Waals surface area contributed by atoms with Crippen LogP contribution in [-0.4, -0.2) is 54.0 Å². The van der Waals surface area contributed by atoms with Crippen LogP contribution in [0.15, 0.2) is 0 Å². The number of amides is 2. The highest BCUT2D eigenvalue weighted by Crippen LogP contribution is 2.33. The molecule has 3 aliphatic rings. The third-order valence-electron chi connectivity index (χ3n) is 5.65. The molecular formula is C18H32N2O3. The van der Waals surface area contributed by atoms with Gasteiger partial charge < -0.3 is 20.1 Å². The van der Waals surface area contributed by atoms with Crippen LogP contribution in [-0.2, 0) is 4.74 Å². The van der Waals surface area contributed by atoms with E-state index in [2.05, 4.69) is 5.32 Å². The van der Waals surface area contributed by atoms with Crippen molar-refractivity contribution in [1.82, 2.24) is 10.2 Å². The molecular weight excluding hydrogens is 292 g/mol. The Balaban J connectivity index is 1.47. The maximum absolute atomic E-state index is 12.4. The first-order chi connectivity index (χ1) is 11.1. The molecule has 0 bridgehead atoms. The Morgan fingerprint density at radius 2 is 1.78 bits per heavy atom. The van der Waals surface area contributed by atoms with E-state index in [9.17, 15) is 9.90 Å². The summed E-state index contributed by atoms with van der Waals surface area (Å²) in [6.07, 6.45) is 11.7. The van der Waals surface area contributed by atoms with Gasteiger partial charge in [-0.15, -0.1) is 0 Å². The normalized spacial score (nSPS) is 30.2. The zero-order valence-corrected chi connectivity index (χ0v) is 14.4. The molecule has 3 aliphatic carbocycles. The van der Waals surface area contributed by atoms with Crippen molar-refractivity contribution >= 4 is 6.03 Å². The van der Waals surface area contributed by atoms with Gasteiger partial charge in [-0.1, -0.05) is 25.7 Å². The van der Waals surface area contributed by atoms with Gasteiger partial charge in [0.05, 0.1) is 24.4 Å². The average molecular weight is 324 g/mol. The number of hydrogen-bond donors (Lipinski definition) is 2. The minimum atomic E-state index is -0.373. The molecule has 0 aliphatic heterocycles. The van der Waals surface area contributed by atoms with Gasteiger partial charge >= 0.3 is 6.03 Å². The lowest BCUT2D eigenvalue weighted by Gasteiger charge is -2.35. The SMILES string of the molecule is CN(CC(O)C1CC1)C(=O)NC1CCCCC1OC1CCCC1. The molecule has 3 saturated carbocycles. The maximum Gasteiger partial charge on any atom is 0.317 e. The number of aliphatic hydroxyl groups excluding tert-OH is 1. The second kappa shape index (κ2) is 7.84. The van der Waals surface area contributed by atoms with E-state index in [0.717, 1.165) is 32.1 Å². The molecule has 0 saturated heterocycles. The molecule has 0 spiro atoms. The van der Waals surface area contributed by atoms with Gasteiger partial charge in [0.15, 0.2) is 0 Å². The van der Waals surface area contributed by atoms with Gasteiger partial charge in [0.25, 0.3) is 0 Å². The molecule has 0 aromatic heterocycles. The van der Waals surface area contributed by atoms with Gasteiger partial charge in [0.1, 0.15) is 0 Å². The summed E-state index contributed by atoms with van der Waals surface area (Å²) in [5, 5.41) is 13.2. The summed E-state index contributed by atoms with van der Waals surface area (Å²) < 4.78 is 6.29. The first-order valence-electron chi connectivity index (χ1n) is 9.48. The monoisotopic (exact) mass is 324 g/mol. The molecule has 0 aromatic carbocycles. The number of aliphatic hydroxyl groups is 1. The molecule has 3 atom stereocenters. The van der Waals surface area contributed by atoms with Crippen LogP contribution in [0.25, 0.3) is 0 Å². The summed E-state index contributed by atoms with van der Waals surface area (Å²) in [7, 11) is 1.77. The van der Waals surface area contributed by atoms with Gasteiger partial charge in [-0.3, -0.25) is 0 Å². The van der Waals surface area contributed by atoms with Crippen LogP contribution in [0.4, 0.5) is 4.79 Å². The number of hydrogen-bond acceptors (Lipinski definition) is 3. The third-order valence-corrected chi connectivity index (χ3v) is 5.65. The number of likely N-dealkylation sites (N-methyl/N-ethyl adjacent to an activating group) is 1. The van der Waals surface area contributed by atoms with Crippen molar-refractivity contribution in [2.45, 2.75) is 88.6 Å². The van der Waals surface area contributed by atoms with Crippen LogP contribution >= 0.6 is 0 Å². The Labute approximate surface area is 139 Å². The maximum atomic E-state index is 12.4. The van der Waals surface area contributed by atoms with E-state index < -0.39 is 0 Å². The number of carbonyl (C=O) groups is 1. The smallest absolute Gasteiger partial charge is 0.317 e. The van der Waals surface area contributed by atoms with Gasteiger partial charge in [-0.2, -0.15) is 0 Å². The fraction of sp³-hybridized carbons (Fsp3) is 0.944. The summed E-state index contributed by atoms with van der Waals surface area (Å²) in [6, 6.07) is 0.0500. The van der Waals surface area contributed by atoms with E-state index in [4.69, 9.17) is 4.74 Å². The second-order valence-electron chi connectivity index (χ2n) is 7.71. The van der Waals surface area contributed by atoms with Gasteiger partial charge in [-0.05, 0) is 44.4 Å². The molecule has 0 heterocycles. The third kappa shape index (κ3) is 4.83. The zero-order valence-electron chi connectivity index (χ0n) is 14.4. The number of urea groups is 1. The fourth-order valence-corrected chi connectivity index (χ4v) is 3.96. The molecule has 0 aromatic rings. The number of rotatable bonds is 6. The van der Waals surface area contributed by atoms with Crippen LogP contribution in [0.3, 0.4) is 0 Å². The number of nitrogens with zero attached hydrogens (tertiary/aromatic N) is 1. The highest BCUT2D eigenvalue weighted by molar-refractivity contribution is 5.74. The first-order valence-corrected chi connectivity index (χ1v) is 9.48. The summed E-state index contributed by atoms with van der Waals surface area (Å²) in [4.78, 5) is 14.0. The molecule has 0 radical (unpaired) electrons. The van der Waals surface area contributed by atoms with E-state index in [1.54, 1.807) is 11.9 Å². The van der Waals surface area contributed by atoms with Crippen LogP contribution in [0.1, 0.15) is 64.2 Å². The van der Waals surface area contributed by atoms with E-state index in [0.29, 0.717) is 18.6 Å². The van der Waals surface area contributed by atoms with Crippen molar-refractivity contribution in [3.63, 3.8) is 0 Å². The van der Waals surface area contributed by atoms with Crippen molar-refractivity contribution < 1.29 is 14.6 Å². The molecule has 3 unspecified atom stereocenters. The molecule has 2 N–H and O–H groups in total. The van der Waals surface area contributed by atoms with E-state index >= 15 is 0 Å². The van der Waals surface area contributed by atoms with Crippen molar-refractivity contribution in [2.75, 3.05) is 13.6 Å². The van der Waals surface area contributed by atoms with Crippen molar-refractivity contribution in [3.05, 3.63) is 0 Å². The number of nitrogens with one attached hydrogen (secondary N) is 1. The van der Waals surface area contributed by atoms with Crippen molar-refractivity contribution in [3.8, 4) is 0 Å². The standard InChI is InChI=1S/C18H32N2O3/c1-20(12-16(21)13-10-11-13)18(22)19-15-8-4-5-9-17(15)23-14-6-2-3-7-14/h13-17,21H,2-12H2,1H3,(H,19,22). The zero-order chi connectivity index (χ0) is 16.2. The van der Waals surface area contributed by atoms with Crippen molar-refractivity contribution in [2.24, 2.45) is 5.92 Å². The van der Waals surface area contributed by atoms with Gasteiger partial charge in [0, 0.05) is 13.6 Å². The van der Waals surface area contributed by atoms with Gasteiger partial charge in [0.2, 0.25) is 0 Å². The Kier molecular flexibility index (Phi) is 5.81. The predicted molar refractivity (Wildman–Crippen MR) is 89.3 cm³/mol. The lowest BCUT2D eigenvalue weighted by atomic mass is 9.92. The Morgan fingerprint density at radius 3 is 2.48 bits per heavy atom. The predicted octanol–water partition coefficient (Wildman–Crippen LogP) is 2.67. The fourth-order valence-electron chi connectivity index (χ4n) is 3.96. The largest absolute Gasteiger partial charge is 0.391 e. The molecule has 5 nitrogen and oxygen atoms in total. The number of carbonyl (C=O) groups excluding carboxylic acids is 1. The van der Waals surface area contributed by atoms with E-state index in [1.165, 1.54) is 32.1 Å². The number of ether oxygens (including phenoxy) is 1. The lowest BCUT2D eigenvalue weighted by Crippen LogP contribution is -2.52. The highest BCUT2D eigenvalue weighted by atomic mass is 16.5. The molecule has 3 rings (SSSR count). The van der Waals surface area contributed by atoms with E-state index in [-0.39, 0.29) is 24.3 Å². The summed E-state index contributed by atoms with van der Waals surface area (Å²) in [5.41, 5.74) is 0. The Bertz CT molecular complexity index is 394. The summed E-state index contributed by atoms with van der Waals surface area (Å²) in [6.45, 7) is 0.428. The topological polar surface area (TPSA) is 61.8 Å². The Morgan fingerprint density at radius 1 is 1.13 bits per heavy atom.